The van der Waals surface area contributed by atoms with Crippen molar-refractivity contribution < 1.29 is 9.53 Å². The topological polar surface area (TPSA) is 45.7 Å². The number of nitrogens with zero attached hydrogens (tertiary/aromatic N) is 3. The monoisotopic (exact) mass is 301 g/mol. The largest absolute Gasteiger partial charge is 0.377 e. The molecule has 5 nitrogen and oxygen atoms in total. The zero-order valence-corrected chi connectivity index (χ0v) is 13.1. The van der Waals surface area contributed by atoms with Gasteiger partial charge in [0, 0.05) is 26.2 Å². The van der Waals surface area contributed by atoms with Gasteiger partial charge in [-0.05, 0) is 30.9 Å². The summed E-state index contributed by atoms with van der Waals surface area (Å²) in [6.07, 6.45) is 2.21. The van der Waals surface area contributed by atoms with E-state index in [4.69, 9.17) is 9.72 Å². The van der Waals surface area contributed by atoms with E-state index in [2.05, 4.69) is 11.8 Å². The fourth-order valence-corrected chi connectivity index (χ4v) is 3.73. The van der Waals surface area contributed by atoms with Gasteiger partial charge in [0.15, 0.2) is 0 Å². The number of ether oxygens (including phenoxy) is 1. The summed E-state index contributed by atoms with van der Waals surface area (Å²) in [5.74, 6) is 0.818. The van der Waals surface area contributed by atoms with E-state index in [1.54, 1.807) is 0 Å². The quantitative estimate of drug-likeness (QED) is 0.849. The highest BCUT2D eigenvalue weighted by atomic mass is 16.5. The van der Waals surface area contributed by atoms with Gasteiger partial charge in [0.05, 0.1) is 18.9 Å². The van der Waals surface area contributed by atoms with Gasteiger partial charge in [-0.15, -0.1) is 0 Å². The van der Waals surface area contributed by atoms with Gasteiger partial charge in [0.1, 0.15) is 11.2 Å². The van der Waals surface area contributed by atoms with Crippen LogP contribution < -0.4 is 0 Å². The molecule has 0 radical (unpaired) electrons. The van der Waals surface area contributed by atoms with Gasteiger partial charge in [-0.1, -0.05) is 13.0 Å². The van der Waals surface area contributed by atoms with Crippen LogP contribution >= 0.6 is 0 Å². The molecule has 3 aliphatic rings. The van der Waals surface area contributed by atoms with Gasteiger partial charge in [0.2, 0.25) is 0 Å². The summed E-state index contributed by atoms with van der Waals surface area (Å²) in [7, 11) is 0. The number of rotatable bonds is 3. The minimum atomic E-state index is -0.103. The lowest BCUT2D eigenvalue weighted by molar-refractivity contribution is -0.179. The highest BCUT2D eigenvalue weighted by Gasteiger charge is 2.50. The van der Waals surface area contributed by atoms with Crippen LogP contribution in [-0.2, 0) is 10.3 Å². The first-order chi connectivity index (χ1) is 10.7. The second kappa shape index (κ2) is 5.32. The zero-order chi connectivity index (χ0) is 15.2. The Labute approximate surface area is 131 Å². The maximum absolute atomic E-state index is 12.6. The van der Waals surface area contributed by atoms with Gasteiger partial charge in [0.25, 0.3) is 5.91 Å². The summed E-state index contributed by atoms with van der Waals surface area (Å²) in [6, 6.07) is 5.86. The lowest BCUT2D eigenvalue weighted by Crippen LogP contribution is -2.66. The Kier molecular flexibility index (Phi) is 3.42. The molecule has 0 aliphatic carbocycles. The van der Waals surface area contributed by atoms with Crippen molar-refractivity contribution in [3.63, 3.8) is 0 Å². The second-order valence-corrected chi connectivity index (χ2v) is 6.94. The van der Waals surface area contributed by atoms with Gasteiger partial charge in [-0.2, -0.15) is 0 Å². The van der Waals surface area contributed by atoms with Gasteiger partial charge < -0.3 is 9.64 Å². The zero-order valence-electron chi connectivity index (χ0n) is 13.1. The van der Waals surface area contributed by atoms with Crippen molar-refractivity contribution in [2.75, 3.05) is 39.4 Å². The number of likely N-dealkylation sites (tertiary alicyclic amines) is 2. The van der Waals surface area contributed by atoms with Gasteiger partial charge >= 0.3 is 0 Å². The molecule has 0 bridgehead atoms. The molecule has 1 amide bonds. The summed E-state index contributed by atoms with van der Waals surface area (Å²) in [5.41, 5.74) is 1.48. The first-order valence-electron chi connectivity index (χ1n) is 8.29. The molecule has 0 aromatic carbocycles. The highest BCUT2D eigenvalue weighted by molar-refractivity contribution is 5.92. The lowest BCUT2D eigenvalue weighted by Gasteiger charge is -2.55. The highest BCUT2D eigenvalue weighted by Crippen LogP contribution is 2.39. The van der Waals surface area contributed by atoms with E-state index in [0.717, 1.165) is 50.6 Å². The molecule has 118 valence electrons. The molecule has 0 N–H and O–H groups in total. The molecule has 3 aliphatic heterocycles. The molecule has 0 saturated carbocycles. The average Bonchev–Trinajstić information content (AvgIpc) is 2.98. The van der Waals surface area contributed by atoms with Crippen LogP contribution in [0.3, 0.4) is 0 Å². The molecule has 3 fully saturated rings. The first kappa shape index (κ1) is 14.2. The first-order valence-corrected chi connectivity index (χ1v) is 8.29. The SMILES string of the molecule is CC1CN(C2(c3cccc(C(=O)N4CCCC4)n3)COC2)C1. The number of carbonyl (C=O) groups is 1. The lowest BCUT2D eigenvalue weighted by atomic mass is 9.84. The number of aromatic nitrogens is 1. The summed E-state index contributed by atoms with van der Waals surface area (Å²) < 4.78 is 5.51. The van der Waals surface area contributed by atoms with Crippen LogP contribution in [0.25, 0.3) is 0 Å². The van der Waals surface area contributed by atoms with Crippen molar-refractivity contribution in [3.8, 4) is 0 Å². The summed E-state index contributed by atoms with van der Waals surface area (Å²) in [4.78, 5) is 21.7. The molecule has 3 saturated heterocycles. The molecule has 1 aromatic heterocycles. The average molecular weight is 301 g/mol. The van der Waals surface area contributed by atoms with E-state index in [1.807, 2.05) is 23.1 Å². The van der Waals surface area contributed by atoms with Crippen molar-refractivity contribution in [1.29, 1.82) is 0 Å². The molecule has 4 rings (SSSR count). The molecule has 4 heterocycles. The normalized spacial score (nSPS) is 24.9. The van der Waals surface area contributed by atoms with Crippen LogP contribution in [0.15, 0.2) is 18.2 Å². The van der Waals surface area contributed by atoms with Crippen molar-refractivity contribution in [3.05, 3.63) is 29.6 Å². The number of pyridine rings is 1. The van der Waals surface area contributed by atoms with E-state index < -0.39 is 0 Å². The van der Waals surface area contributed by atoms with Crippen LogP contribution in [0.4, 0.5) is 0 Å². The number of hydrogen-bond donors (Lipinski definition) is 0. The third-order valence-electron chi connectivity index (χ3n) is 5.19. The maximum atomic E-state index is 12.6. The fourth-order valence-electron chi connectivity index (χ4n) is 3.73. The maximum Gasteiger partial charge on any atom is 0.272 e. The molecular formula is C17H23N3O2. The van der Waals surface area contributed by atoms with Crippen LogP contribution in [0.1, 0.15) is 35.9 Å². The Morgan fingerprint density at radius 3 is 2.59 bits per heavy atom. The minimum Gasteiger partial charge on any atom is -0.377 e. The van der Waals surface area contributed by atoms with Crippen LogP contribution in [-0.4, -0.2) is 60.1 Å². The third-order valence-corrected chi connectivity index (χ3v) is 5.19. The van der Waals surface area contributed by atoms with Crippen LogP contribution in [0.5, 0.6) is 0 Å². The molecule has 0 spiro atoms. The van der Waals surface area contributed by atoms with Gasteiger partial charge in [-0.25, -0.2) is 4.98 Å². The van der Waals surface area contributed by atoms with Crippen molar-refractivity contribution >= 4 is 5.91 Å². The Morgan fingerprint density at radius 1 is 1.27 bits per heavy atom. The Balaban J connectivity index is 1.59. The Hall–Kier alpha value is -1.46. The van der Waals surface area contributed by atoms with Crippen LogP contribution in [0, 0.1) is 5.92 Å². The van der Waals surface area contributed by atoms with E-state index >= 15 is 0 Å². The van der Waals surface area contributed by atoms with Crippen molar-refractivity contribution in [2.24, 2.45) is 5.92 Å². The van der Waals surface area contributed by atoms with Crippen LogP contribution in [0.2, 0.25) is 0 Å². The number of amides is 1. The predicted molar refractivity (Wildman–Crippen MR) is 82.6 cm³/mol. The van der Waals surface area contributed by atoms with Gasteiger partial charge in [-0.3, -0.25) is 9.69 Å². The standard InChI is InChI=1S/C17H23N3O2/c1-13-9-20(10-13)17(11-22-12-17)15-6-4-5-14(18-15)16(21)19-7-2-3-8-19/h4-6,13H,2-3,7-12H2,1H3. The molecule has 0 atom stereocenters. The van der Waals surface area contributed by atoms with E-state index in [1.165, 1.54) is 0 Å². The summed E-state index contributed by atoms with van der Waals surface area (Å²) in [6.45, 7) is 7.56. The molecule has 1 aromatic rings. The summed E-state index contributed by atoms with van der Waals surface area (Å²) >= 11 is 0. The predicted octanol–water partition coefficient (Wildman–Crippen LogP) is 1.49. The second-order valence-electron chi connectivity index (χ2n) is 6.94. The van der Waals surface area contributed by atoms with E-state index in [9.17, 15) is 4.79 Å². The third kappa shape index (κ3) is 2.15. The van der Waals surface area contributed by atoms with Crippen molar-refractivity contribution in [1.82, 2.24) is 14.8 Å². The number of hydrogen-bond acceptors (Lipinski definition) is 4. The Morgan fingerprint density at radius 2 is 2.00 bits per heavy atom. The van der Waals surface area contributed by atoms with E-state index in [-0.39, 0.29) is 11.4 Å². The fraction of sp³-hybridized carbons (Fsp3) is 0.647. The molecule has 5 heteroatoms. The van der Waals surface area contributed by atoms with Crippen molar-refractivity contribution in [2.45, 2.75) is 25.3 Å². The van der Waals surface area contributed by atoms with E-state index in [0.29, 0.717) is 18.9 Å². The Bertz CT molecular complexity index is 573. The smallest absolute Gasteiger partial charge is 0.272 e. The minimum absolute atomic E-state index is 0.0757. The number of carbonyl (C=O) groups excluding carboxylic acids is 1. The summed E-state index contributed by atoms with van der Waals surface area (Å²) in [5, 5.41) is 0. The molecular weight excluding hydrogens is 278 g/mol. The molecule has 22 heavy (non-hydrogen) atoms. The molecule has 0 unspecified atom stereocenters.